The lowest BCUT2D eigenvalue weighted by Crippen LogP contribution is -2.24. The molecular weight excluding hydrogens is 213 g/mol. The van der Waals surface area contributed by atoms with Gasteiger partial charge < -0.3 is 5.32 Å². The first kappa shape index (κ1) is 14.2. The first-order chi connectivity index (χ1) is 8.04. The summed E-state index contributed by atoms with van der Waals surface area (Å²) in [7, 11) is 0. The molecule has 96 valence electrons. The van der Waals surface area contributed by atoms with Gasteiger partial charge >= 0.3 is 0 Å². The molecule has 0 bridgehead atoms. The van der Waals surface area contributed by atoms with Gasteiger partial charge in [-0.15, -0.1) is 0 Å². The first-order valence-corrected chi connectivity index (χ1v) is 6.54. The van der Waals surface area contributed by atoms with Crippen LogP contribution in [0.4, 0.5) is 4.39 Å². The number of aryl methyl sites for hydroxylation is 1. The highest BCUT2D eigenvalue weighted by atomic mass is 19.1. The highest BCUT2D eigenvalue weighted by molar-refractivity contribution is 5.25. The molecule has 1 aromatic rings. The molecule has 1 N–H and O–H groups in total. The zero-order chi connectivity index (χ0) is 12.8. The van der Waals surface area contributed by atoms with Gasteiger partial charge in [-0.05, 0) is 49.9 Å². The third kappa shape index (κ3) is 4.47. The number of halogens is 1. The Labute approximate surface area is 104 Å². The molecule has 0 aliphatic carbocycles. The van der Waals surface area contributed by atoms with Gasteiger partial charge in [0.1, 0.15) is 5.82 Å². The summed E-state index contributed by atoms with van der Waals surface area (Å²) in [5.41, 5.74) is 1.73. The second-order valence-electron chi connectivity index (χ2n) is 5.03. The topological polar surface area (TPSA) is 12.0 Å². The Hall–Kier alpha value is -0.890. The molecule has 0 aromatic heterocycles. The molecule has 0 saturated carbocycles. The van der Waals surface area contributed by atoms with Crippen LogP contribution in [0.2, 0.25) is 0 Å². The normalized spacial score (nSPS) is 14.6. The minimum atomic E-state index is -0.113. The fourth-order valence-corrected chi connectivity index (χ4v) is 1.97. The zero-order valence-corrected chi connectivity index (χ0v) is 11.4. The number of hydrogen-bond donors (Lipinski definition) is 1. The second kappa shape index (κ2) is 6.75. The highest BCUT2D eigenvalue weighted by Gasteiger charge is 2.08. The Balaban J connectivity index is 2.52. The van der Waals surface area contributed by atoms with Crippen molar-refractivity contribution in [3.63, 3.8) is 0 Å². The van der Waals surface area contributed by atoms with Crippen molar-refractivity contribution < 1.29 is 4.39 Å². The lowest BCUT2D eigenvalue weighted by molar-refractivity contribution is 0.443. The predicted octanol–water partition coefficient (Wildman–Crippen LogP) is 4.22. The lowest BCUT2D eigenvalue weighted by atomic mass is 10.0. The summed E-state index contributed by atoms with van der Waals surface area (Å²) in [6.45, 7) is 9.32. The van der Waals surface area contributed by atoms with Gasteiger partial charge in [-0.3, -0.25) is 0 Å². The monoisotopic (exact) mass is 237 g/mol. The van der Waals surface area contributed by atoms with Crippen molar-refractivity contribution in [3.8, 4) is 0 Å². The minimum Gasteiger partial charge on any atom is -0.310 e. The molecule has 1 nitrogen and oxygen atoms in total. The van der Waals surface area contributed by atoms with Crippen molar-refractivity contribution in [2.75, 3.05) is 6.54 Å². The quantitative estimate of drug-likeness (QED) is 0.781. The van der Waals surface area contributed by atoms with Crippen LogP contribution in [0.15, 0.2) is 18.2 Å². The van der Waals surface area contributed by atoms with Crippen LogP contribution >= 0.6 is 0 Å². The second-order valence-corrected chi connectivity index (χ2v) is 5.03. The fourth-order valence-electron chi connectivity index (χ4n) is 1.97. The van der Waals surface area contributed by atoms with Gasteiger partial charge in [0, 0.05) is 6.04 Å². The van der Waals surface area contributed by atoms with Crippen LogP contribution in [0.3, 0.4) is 0 Å². The zero-order valence-electron chi connectivity index (χ0n) is 11.4. The van der Waals surface area contributed by atoms with Crippen LogP contribution in [0.25, 0.3) is 0 Å². The molecule has 0 spiro atoms. The lowest BCUT2D eigenvalue weighted by Gasteiger charge is -2.18. The molecule has 0 heterocycles. The Morgan fingerprint density at radius 3 is 2.59 bits per heavy atom. The van der Waals surface area contributed by atoms with Crippen LogP contribution in [0.5, 0.6) is 0 Å². The van der Waals surface area contributed by atoms with E-state index in [2.05, 4.69) is 26.1 Å². The van der Waals surface area contributed by atoms with E-state index in [9.17, 15) is 4.39 Å². The maximum Gasteiger partial charge on any atom is 0.126 e. The number of hydrogen-bond acceptors (Lipinski definition) is 1. The molecule has 0 radical (unpaired) electrons. The molecule has 1 rings (SSSR count). The average Bonchev–Trinajstić information content (AvgIpc) is 2.30. The SMILES string of the molecule is CCCC(C)CNC(C)c1ccc(C)c(F)c1. The molecule has 0 amide bonds. The van der Waals surface area contributed by atoms with E-state index in [0.717, 1.165) is 12.1 Å². The van der Waals surface area contributed by atoms with E-state index < -0.39 is 0 Å². The summed E-state index contributed by atoms with van der Waals surface area (Å²) < 4.78 is 13.4. The smallest absolute Gasteiger partial charge is 0.126 e. The Bertz CT molecular complexity index is 349. The number of benzene rings is 1. The van der Waals surface area contributed by atoms with E-state index in [-0.39, 0.29) is 11.9 Å². The average molecular weight is 237 g/mol. The van der Waals surface area contributed by atoms with Crippen LogP contribution < -0.4 is 5.32 Å². The number of rotatable bonds is 6. The van der Waals surface area contributed by atoms with Gasteiger partial charge in [0.2, 0.25) is 0 Å². The standard InChI is InChI=1S/C15H24FN/c1-5-6-11(2)10-17-13(4)14-8-7-12(3)15(16)9-14/h7-9,11,13,17H,5-6,10H2,1-4H3. The molecule has 2 heteroatoms. The van der Waals surface area contributed by atoms with Crippen LogP contribution in [0.1, 0.15) is 50.8 Å². The molecule has 0 aliphatic heterocycles. The Kier molecular flexibility index (Phi) is 5.63. The summed E-state index contributed by atoms with van der Waals surface area (Å²) in [5, 5.41) is 3.46. The van der Waals surface area contributed by atoms with Gasteiger partial charge in [-0.1, -0.05) is 32.4 Å². The summed E-state index contributed by atoms with van der Waals surface area (Å²) in [6, 6.07) is 5.69. The summed E-state index contributed by atoms with van der Waals surface area (Å²) in [6.07, 6.45) is 2.46. The first-order valence-electron chi connectivity index (χ1n) is 6.54. The van der Waals surface area contributed by atoms with E-state index in [1.165, 1.54) is 12.8 Å². The van der Waals surface area contributed by atoms with Gasteiger partial charge in [-0.2, -0.15) is 0 Å². The molecule has 0 saturated heterocycles. The maximum absolute atomic E-state index is 13.4. The van der Waals surface area contributed by atoms with E-state index in [1.54, 1.807) is 13.0 Å². The largest absolute Gasteiger partial charge is 0.310 e. The van der Waals surface area contributed by atoms with Crippen molar-refractivity contribution in [1.82, 2.24) is 5.32 Å². The van der Waals surface area contributed by atoms with Crippen LogP contribution in [-0.4, -0.2) is 6.54 Å². The van der Waals surface area contributed by atoms with Gasteiger partial charge in [0.05, 0.1) is 0 Å². The van der Waals surface area contributed by atoms with Gasteiger partial charge in [-0.25, -0.2) is 4.39 Å². The summed E-state index contributed by atoms with van der Waals surface area (Å²) in [5.74, 6) is 0.565. The molecule has 0 aliphatic rings. The van der Waals surface area contributed by atoms with Crippen molar-refractivity contribution >= 4 is 0 Å². The van der Waals surface area contributed by atoms with Crippen molar-refractivity contribution in [3.05, 3.63) is 35.1 Å². The molecular formula is C15H24FN. The van der Waals surface area contributed by atoms with Crippen molar-refractivity contribution in [1.29, 1.82) is 0 Å². The molecule has 2 atom stereocenters. The van der Waals surface area contributed by atoms with E-state index in [0.29, 0.717) is 11.5 Å². The predicted molar refractivity (Wildman–Crippen MR) is 71.6 cm³/mol. The summed E-state index contributed by atoms with van der Waals surface area (Å²) in [4.78, 5) is 0. The number of nitrogens with one attached hydrogen (secondary N) is 1. The van der Waals surface area contributed by atoms with Gasteiger partial charge in [0.25, 0.3) is 0 Å². The Morgan fingerprint density at radius 1 is 1.29 bits per heavy atom. The van der Waals surface area contributed by atoms with E-state index in [4.69, 9.17) is 0 Å². The fraction of sp³-hybridized carbons (Fsp3) is 0.600. The maximum atomic E-state index is 13.4. The molecule has 2 unspecified atom stereocenters. The minimum absolute atomic E-state index is 0.113. The van der Waals surface area contributed by atoms with E-state index >= 15 is 0 Å². The van der Waals surface area contributed by atoms with Crippen LogP contribution in [0, 0.1) is 18.7 Å². The summed E-state index contributed by atoms with van der Waals surface area (Å²) >= 11 is 0. The highest BCUT2D eigenvalue weighted by Crippen LogP contribution is 2.16. The Morgan fingerprint density at radius 2 is 2.00 bits per heavy atom. The molecule has 1 aromatic carbocycles. The molecule has 17 heavy (non-hydrogen) atoms. The molecule has 0 fully saturated rings. The van der Waals surface area contributed by atoms with Crippen LogP contribution in [-0.2, 0) is 0 Å². The van der Waals surface area contributed by atoms with E-state index in [1.807, 2.05) is 12.1 Å². The third-order valence-corrected chi connectivity index (χ3v) is 3.25. The van der Waals surface area contributed by atoms with Gasteiger partial charge in [0.15, 0.2) is 0 Å². The third-order valence-electron chi connectivity index (χ3n) is 3.25. The van der Waals surface area contributed by atoms with Crippen molar-refractivity contribution in [2.24, 2.45) is 5.92 Å². The van der Waals surface area contributed by atoms with Crippen molar-refractivity contribution in [2.45, 2.75) is 46.6 Å².